The van der Waals surface area contributed by atoms with Crippen molar-refractivity contribution in [1.29, 1.82) is 0 Å². The van der Waals surface area contributed by atoms with E-state index in [-0.39, 0.29) is 34.7 Å². The van der Waals surface area contributed by atoms with Gasteiger partial charge in [-0.15, -0.1) is 0 Å². The van der Waals surface area contributed by atoms with Crippen molar-refractivity contribution in [2.24, 2.45) is 0 Å². The monoisotopic (exact) mass is 477 g/mol. The zero-order valence-corrected chi connectivity index (χ0v) is 17.8. The number of carbonyl (C=O) groups is 1. The number of halogens is 4. The van der Waals surface area contributed by atoms with E-state index < -0.39 is 17.5 Å². The van der Waals surface area contributed by atoms with E-state index in [0.29, 0.717) is 17.6 Å². The molecule has 0 saturated carbocycles. The summed E-state index contributed by atoms with van der Waals surface area (Å²) in [5.74, 6) is -1.84. The summed E-state index contributed by atoms with van der Waals surface area (Å²) in [6, 6.07) is 13.2. The van der Waals surface area contributed by atoms with Crippen LogP contribution in [0.2, 0.25) is 10.0 Å². The zero-order chi connectivity index (χ0) is 22.7. The number of anilines is 1. The van der Waals surface area contributed by atoms with E-state index in [0.717, 1.165) is 11.6 Å². The van der Waals surface area contributed by atoms with E-state index in [1.54, 1.807) is 16.9 Å². The second kappa shape index (κ2) is 9.42. The van der Waals surface area contributed by atoms with Gasteiger partial charge < -0.3 is 14.5 Å². The zero-order valence-electron chi connectivity index (χ0n) is 16.3. The highest BCUT2D eigenvalue weighted by molar-refractivity contribution is 6.33. The molecule has 4 aromatic rings. The van der Waals surface area contributed by atoms with Gasteiger partial charge in [-0.3, -0.25) is 9.48 Å². The lowest BCUT2D eigenvalue weighted by molar-refractivity contribution is 0.0992. The number of aromatic nitrogens is 2. The highest BCUT2D eigenvalue weighted by Crippen LogP contribution is 2.24. The van der Waals surface area contributed by atoms with Gasteiger partial charge in [0.05, 0.1) is 6.54 Å². The largest absolute Gasteiger partial charge is 0.483 e. The standard InChI is InChI=1S/C22H15Cl2F2N3O3/c23-16-4-2-1-3-13(16)10-29-11-17(24)21(28-29)27-22(30)20-8-6-15(32-20)12-31-19-7-5-14(25)9-18(19)26/h1-9,11H,10,12H2,(H,27,28,30). The Morgan fingerprint density at radius 1 is 1.09 bits per heavy atom. The fourth-order valence-corrected chi connectivity index (χ4v) is 3.24. The molecule has 6 nitrogen and oxygen atoms in total. The molecule has 0 radical (unpaired) electrons. The van der Waals surface area contributed by atoms with Crippen LogP contribution in [0, 0.1) is 11.6 Å². The summed E-state index contributed by atoms with van der Waals surface area (Å²) in [5.41, 5.74) is 0.847. The number of rotatable bonds is 7. The highest BCUT2D eigenvalue weighted by atomic mass is 35.5. The Morgan fingerprint density at radius 3 is 2.69 bits per heavy atom. The molecule has 0 fully saturated rings. The SMILES string of the molecule is O=C(Nc1nn(Cc2ccccc2Cl)cc1Cl)c1ccc(COc2ccc(F)cc2F)o1. The summed E-state index contributed by atoms with van der Waals surface area (Å²) < 4.78 is 38.8. The molecule has 0 bridgehead atoms. The minimum Gasteiger partial charge on any atom is -0.483 e. The third kappa shape index (κ3) is 5.09. The minimum absolute atomic E-state index is 0.0140. The highest BCUT2D eigenvalue weighted by Gasteiger charge is 2.17. The van der Waals surface area contributed by atoms with Crippen LogP contribution in [-0.4, -0.2) is 15.7 Å². The smallest absolute Gasteiger partial charge is 0.292 e. The van der Waals surface area contributed by atoms with Gasteiger partial charge in [-0.2, -0.15) is 5.10 Å². The van der Waals surface area contributed by atoms with E-state index in [1.807, 2.05) is 18.2 Å². The number of hydrogen-bond donors (Lipinski definition) is 1. The summed E-state index contributed by atoms with van der Waals surface area (Å²) in [7, 11) is 0. The van der Waals surface area contributed by atoms with Gasteiger partial charge in [-0.1, -0.05) is 41.4 Å². The van der Waals surface area contributed by atoms with E-state index in [1.165, 1.54) is 18.2 Å². The third-order valence-electron chi connectivity index (χ3n) is 4.39. The topological polar surface area (TPSA) is 69.3 Å². The molecule has 0 aliphatic carbocycles. The molecular weight excluding hydrogens is 463 g/mol. The van der Waals surface area contributed by atoms with Gasteiger partial charge in [0.2, 0.25) is 0 Å². The summed E-state index contributed by atoms with van der Waals surface area (Å²) in [6.45, 7) is 0.223. The van der Waals surface area contributed by atoms with Crippen molar-refractivity contribution in [2.45, 2.75) is 13.2 Å². The number of benzene rings is 2. The molecular formula is C22H15Cl2F2N3O3. The van der Waals surface area contributed by atoms with Crippen LogP contribution in [0.5, 0.6) is 5.75 Å². The lowest BCUT2D eigenvalue weighted by Gasteiger charge is -2.05. The molecule has 1 amide bonds. The first-order valence-corrected chi connectivity index (χ1v) is 10.1. The van der Waals surface area contributed by atoms with Crippen molar-refractivity contribution >= 4 is 34.9 Å². The molecule has 0 atom stereocenters. The Bertz CT molecular complexity index is 1270. The molecule has 0 unspecified atom stereocenters. The lowest BCUT2D eigenvalue weighted by Crippen LogP contribution is -2.12. The predicted octanol–water partition coefficient (Wildman–Crippen LogP) is 5.94. The average Bonchev–Trinajstić information content (AvgIpc) is 3.36. The van der Waals surface area contributed by atoms with E-state index in [9.17, 15) is 13.6 Å². The molecule has 2 aromatic heterocycles. The van der Waals surface area contributed by atoms with Crippen molar-refractivity contribution in [2.75, 3.05) is 5.32 Å². The molecule has 4 rings (SSSR count). The maximum atomic E-state index is 13.6. The summed E-state index contributed by atoms with van der Waals surface area (Å²) >= 11 is 12.4. The van der Waals surface area contributed by atoms with Crippen molar-refractivity contribution in [3.05, 3.63) is 99.6 Å². The Morgan fingerprint density at radius 2 is 1.91 bits per heavy atom. The van der Waals surface area contributed by atoms with E-state index in [2.05, 4.69) is 10.4 Å². The number of hydrogen-bond acceptors (Lipinski definition) is 4. The average molecular weight is 478 g/mol. The number of nitrogens with one attached hydrogen (secondary N) is 1. The van der Waals surface area contributed by atoms with E-state index >= 15 is 0 Å². The third-order valence-corrected chi connectivity index (χ3v) is 5.03. The summed E-state index contributed by atoms with van der Waals surface area (Å²) in [6.07, 6.45) is 1.57. The molecule has 164 valence electrons. The first-order valence-electron chi connectivity index (χ1n) is 9.33. The van der Waals surface area contributed by atoms with Crippen LogP contribution in [0.1, 0.15) is 21.9 Å². The number of furan rings is 1. The molecule has 2 heterocycles. The first-order chi connectivity index (χ1) is 15.4. The Balaban J connectivity index is 1.39. The molecule has 32 heavy (non-hydrogen) atoms. The van der Waals surface area contributed by atoms with Crippen molar-refractivity contribution in [3.8, 4) is 5.75 Å². The molecule has 0 aliphatic heterocycles. The van der Waals surface area contributed by atoms with Crippen LogP contribution in [0.3, 0.4) is 0 Å². The summed E-state index contributed by atoms with van der Waals surface area (Å²) in [4.78, 5) is 12.5. The lowest BCUT2D eigenvalue weighted by atomic mass is 10.2. The van der Waals surface area contributed by atoms with Crippen LogP contribution < -0.4 is 10.1 Å². The van der Waals surface area contributed by atoms with Crippen molar-refractivity contribution in [1.82, 2.24) is 9.78 Å². The molecule has 1 N–H and O–H groups in total. The Hall–Kier alpha value is -3.36. The summed E-state index contributed by atoms with van der Waals surface area (Å²) in [5, 5.41) is 7.68. The number of ether oxygens (including phenoxy) is 1. The number of amides is 1. The second-order valence-electron chi connectivity index (χ2n) is 6.70. The minimum atomic E-state index is -0.837. The molecule has 0 spiro atoms. The van der Waals surface area contributed by atoms with Gasteiger partial charge in [0, 0.05) is 17.3 Å². The van der Waals surface area contributed by atoms with Crippen LogP contribution in [0.15, 0.2) is 65.2 Å². The van der Waals surface area contributed by atoms with Gasteiger partial charge in [0.25, 0.3) is 5.91 Å². The molecule has 0 saturated heterocycles. The van der Waals surface area contributed by atoms with Gasteiger partial charge in [-0.05, 0) is 35.9 Å². The van der Waals surface area contributed by atoms with Gasteiger partial charge in [0.15, 0.2) is 23.1 Å². The van der Waals surface area contributed by atoms with Crippen molar-refractivity contribution in [3.63, 3.8) is 0 Å². The fraction of sp³-hybridized carbons (Fsp3) is 0.0909. The van der Waals surface area contributed by atoms with Gasteiger partial charge >= 0.3 is 0 Å². The van der Waals surface area contributed by atoms with Gasteiger partial charge in [0.1, 0.15) is 23.2 Å². The normalized spacial score (nSPS) is 10.9. The maximum Gasteiger partial charge on any atom is 0.292 e. The molecule has 10 heteroatoms. The Labute approximate surface area is 191 Å². The van der Waals surface area contributed by atoms with E-state index in [4.69, 9.17) is 32.4 Å². The fourth-order valence-electron chi connectivity index (χ4n) is 2.85. The first kappa shape index (κ1) is 21.9. The van der Waals surface area contributed by atoms with Crippen LogP contribution in [0.4, 0.5) is 14.6 Å². The van der Waals surface area contributed by atoms with Crippen LogP contribution >= 0.6 is 23.2 Å². The predicted molar refractivity (Wildman–Crippen MR) is 115 cm³/mol. The molecule has 2 aromatic carbocycles. The van der Waals surface area contributed by atoms with Crippen LogP contribution in [0.25, 0.3) is 0 Å². The second-order valence-corrected chi connectivity index (χ2v) is 7.51. The van der Waals surface area contributed by atoms with Gasteiger partial charge in [-0.25, -0.2) is 8.78 Å². The number of nitrogens with zero attached hydrogens (tertiary/aromatic N) is 2. The quantitative estimate of drug-likeness (QED) is 0.357. The van der Waals surface area contributed by atoms with Crippen LogP contribution in [-0.2, 0) is 13.2 Å². The molecule has 0 aliphatic rings. The maximum absolute atomic E-state index is 13.6. The number of carbonyl (C=O) groups excluding carboxylic acids is 1. The Kier molecular flexibility index (Phi) is 6.43. The van der Waals surface area contributed by atoms with Crippen molar-refractivity contribution < 1.29 is 22.7 Å².